The normalized spacial score (nSPS) is 18.8. The van der Waals surface area contributed by atoms with Crippen LogP contribution in [0.1, 0.15) is 36.9 Å². The number of hydrogen-bond donors (Lipinski definition) is 1. The van der Waals surface area contributed by atoms with Crippen LogP contribution in [0.2, 0.25) is 0 Å². The maximum atomic E-state index is 12.1. The van der Waals surface area contributed by atoms with Gasteiger partial charge in [-0.3, -0.25) is 0 Å². The second-order valence-electron chi connectivity index (χ2n) is 4.40. The predicted octanol–water partition coefficient (Wildman–Crippen LogP) is 3.02. The Hall–Kier alpha value is -1.09. The van der Waals surface area contributed by atoms with Crippen molar-refractivity contribution in [3.8, 4) is 5.75 Å². The standard InChI is InChI=1S/C14H20FNO/c1-2-16-14-5-3-4-11-6-7-12(10-13(11)14)17-9-8-15/h6-7,10,14,16H,2-5,8-9H2,1H3. The van der Waals surface area contributed by atoms with Gasteiger partial charge in [0.25, 0.3) is 0 Å². The molecular formula is C14H20FNO. The van der Waals surface area contributed by atoms with E-state index in [1.54, 1.807) is 0 Å². The molecule has 2 rings (SSSR count). The molecule has 0 aliphatic heterocycles. The quantitative estimate of drug-likeness (QED) is 0.850. The SMILES string of the molecule is CCNC1CCCc2ccc(OCCF)cc21. The van der Waals surface area contributed by atoms with Crippen LogP contribution in [0, 0.1) is 0 Å². The Kier molecular flexibility index (Phi) is 4.37. The molecule has 0 radical (unpaired) electrons. The van der Waals surface area contributed by atoms with E-state index in [1.807, 2.05) is 6.07 Å². The lowest BCUT2D eigenvalue weighted by Gasteiger charge is -2.26. The van der Waals surface area contributed by atoms with Crippen LogP contribution in [0.3, 0.4) is 0 Å². The fourth-order valence-electron chi connectivity index (χ4n) is 2.48. The molecule has 1 aliphatic carbocycles. The van der Waals surface area contributed by atoms with Gasteiger partial charge >= 0.3 is 0 Å². The Labute approximate surface area is 102 Å². The molecule has 0 saturated heterocycles. The zero-order valence-corrected chi connectivity index (χ0v) is 10.3. The summed E-state index contributed by atoms with van der Waals surface area (Å²) in [5.74, 6) is 0.784. The first-order valence-corrected chi connectivity index (χ1v) is 6.40. The van der Waals surface area contributed by atoms with Gasteiger partial charge in [0.1, 0.15) is 19.0 Å². The summed E-state index contributed by atoms with van der Waals surface area (Å²) in [5, 5.41) is 3.49. The van der Waals surface area contributed by atoms with Gasteiger partial charge in [-0.05, 0) is 49.1 Å². The third-order valence-corrected chi connectivity index (χ3v) is 3.23. The molecule has 0 amide bonds. The molecule has 0 heterocycles. The van der Waals surface area contributed by atoms with Crippen molar-refractivity contribution in [1.82, 2.24) is 5.32 Å². The first-order valence-electron chi connectivity index (χ1n) is 6.40. The lowest BCUT2D eigenvalue weighted by Crippen LogP contribution is -2.24. The van der Waals surface area contributed by atoms with E-state index in [4.69, 9.17) is 4.74 Å². The summed E-state index contributed by atoms with van der Waals surface area (Å²) in [4.78, 5) is 0. The number of benzene rings is 1. The molecule has 0 fully saturated rings. The van der Waals surface area contributed by atoms with Gasteiger partial charge in [0, 0.05) is 6.04 Å². The monoisotopic (exact) mass is 237 g/mol. The Bertz CT molecular complexity index is 367. The molecule has 17 heavy (non-hydrogen) atoms. The van der Waals surface area contributed by atoms with Gasteiger partial charge in [0.05, 0.1) is 0 Å². The lowest BCUT2D eigenvalue weighted by molar-refractivity contribution is 0.272. The zero-order valence-electron chi connectivity index (χ0n) is 10.3. The smallest absolute Gasteiger partial charge is 0.123 e. The third kappa shape index (κ3) is 2.97. The molecule has 2 nitrogen and oxygen atoms in total. The van der Waals surface area contributed by atoms with Gasteiger partial charge in [0.15, 0.2) is 0 Å². The number of halogens is 1. The van der Waals surface area contributed by atoms with Crippen molar-refractivity contribution in [3.05, 3.63) is 29.3 Å². The van der Waals surface area contributed by atoms with Crippen LogP contribution >= 0.6 is 0 Å². The molecule has 94 valence electrons. The predicted molar refractivity (Wildman–Crippen MR) is 67.3 cm³/mol. The van der Waals surface area contributed by atoms with Gasteiger partial charge in [-0.1, -0.05) is 13.0 Å². The maximum Gasteiger partial charge on any atom is 0.123 e. The number of aryl methyl sites for hydroxylation is 1. The summed E-state index contributed by atoms with van der Waals surface area (Å²) >= 11 is 0. The first-order chi connectivity index (χ1) is 8.35. The average Bonchev–Trinajstić information content (AvgIpc) is 2.37. The van der Waals surface area contributed by atoms with E-state index >= 15 is 0 Å². The van der Waals surface area contributed by atoms with E-state index in [0.717, 1.165) is 18.7 Å². The molecule has 1 aromatic rings. The van der Waals surface area contributed by atoms with Crippen molar-refractivity contribution in [3.63, 3.8) is 0 Å². The van der Waals surface area contributed by atoms with Crippen LogP contribution in [-0.2, 0) is 6.42 Å². The van der Waals surface area contributed by atoms with E-state index in [2.05, 4.69) is 24.4 Å². The van der Waals surface area contributed by atoms with Gasteiger partial charge in [-0.15, -0.1) is 0 Å². The molecule has 0 aromatic heterocycles. The Balaban J connectivity index is 2.18. The van der Waals surface area contributed by atoms with Gasteiger partial charge < -0.3 is 10.1 Å². The molecule has 3 heteroatoms. The summed E-state index contributed by atoms with van der Waals surface area (Å²) in [6.45, 7) is 2.80. The molecule has 1 unspecified atom stereocenters. The average molecular weight is 237 g/mol. The van der Waals surface area contributed by atoms with Crippen LogP contribution < -0.4 is 10.1 Å². The van der Waals surface area contributed by atoms with Gasteiger partial charge in [-0.25, -0.2) is 4.39 Å². The van der Waals surface area contributed by atoms with Crippen molar-refractivity contribution in [2.24, 2.45) is 0 Å². The molecule has 1 N–H and O–H groups in total. The summed E-state index contributed by atoms with van der Waals surface area (Å²) in [6, 6.07) is 6.56. The highest BCUT2D eigenvalue weighted by atomic mass is 19.1. The first kappa shape index (κ1) is 12.4. The highest BCUT2D eigenvalue weighted by molar-refractivity contribution is 5.39. The molecular weight excluding hydrogens is 217 g/mol. The molecule has 0 spiro atoms. The van der Waals surface area contributed by atoms with E-state index in [1.165, 1.54) is 24.0 Å². The van der Waals surface area contributed by atoms with Crippen LogP contribution in [0.15, 0.2) is 18.2 Å². The highest BCUT2D eigenvalue weighted by Crippen LogP contribution is 2.32. The zero-order chi connectivity index (χ0) is 12.1. The molecule has 0 saturated carbocycles. The number of rotatable bonds is 5. The highest BCUT2D eigenvalue weighted by Gasteiger charge is 2.19. The van der Waals surface area contributed by atoms with E-state index < -0.39 is 6.67 Å². The molecule has 1 atom stereocenters. The Morgan fingerprint density at radius 1 is 1.47 bits per heavy atom. The van der Waals surface area contributed by atoms with E-state index in [-0.39, 0.29) is 6.61 Å². The fourth-order valence-corrected chi connectivity index (χ4v) is 2.48. The summed E-state index contributed by atoms with van der Waals surface area (Å²) < 4.78 is 17.4. The van der Waals surface area contributed by atoms with Crippen LogP contribution in [0.5, 0.6) is 5.75 Å². The number of alkyl halides is 1. The van der Waals surface area contributed by atoms with Gasteiger partial charge in [0.2, 0.25) is 0 Å². The second-order valence-corrected chi connectivity index (χ2v) is 4.40. The molecule has 1 aromatic carbocycles. The minimum absolute atomic E-state index is 0.144. The summed E-state index contributed by atoms with van der Waals surface area (Å²) in [7, 11) is 0. The maximum absolute atomic E-state index is 12.1. The second kappa shape index (κ2) is 6.01. The lowest BCUT2D eigenvalue weighted by atomic mass is 9.87. The number of ether oxygens (including phenoxy) is 1. The van der Waals surface area contributed by atoms with Crippen LogP contribution in [0.4, 0.5) is 4.39 Å². The minimum Gasteiger partial charge on any atom is -0.491 e. The minimum atomic E-state index is -0.437. The summed E-state index contributed by atoms with van der Waals surface area (Å²) in [6.07, 6.45) is 3.55. The summed E-state index contributed by atoms with van der Waals surface area (Å²) in [5.41, 5.74) is 2.73. The topological polar surface area (TPSA) is 21.3 Å². The van der Waals surface area contributed by atoms with Crippen molar-refractivity contribution in [2.75, 3.05) is 19.8 Å². The van der Waals surface area contributed by atoms with E-state index in [0.29, 0.717) is 6.04 Å². The van der Waals surface area contributed by atoms with Crippen molar-refractivity contribution >= 4 is 0 Å². The van der Waals surface area contributed by atoms with Gasteiger partial charge in [-0.2, -0.15) is 0 Å². The fraction of sp³-hybridized carbons (Fsp3) is 0.571. The van der Waals surface area contributed by atoms with E-state index in [9.17, 15) is 4.39 Å². The van der Waals surface area contributed by atoms with Crippen LogP contribution in [0.25, 0.3) is 0 Å². The van der Waals surface area contributed by atoms with Crippen molar-refractivity contribution in [2.45, 2.75) is 32.2 Å². The Morgan fingerprint density at radius 3 is 3.12 bits per heavy atom. The number of nitrogens with one attached hydrogen (secondary N) is 1. The molecule has 0 bridgehead atoms. The van der Waals surface area contributed by atoms with Crippen molar-refractivity contribution in [1.29, 1.82) is 0 Å². The number of hydrogen-bond acceptors (Lipinski definition) is 2. The van der Waals surface area contributed by atoms with Crippen LogP contribution in [-0.4, -0.2) is 19.8 Å². The third-order valence-electron chi connectivity index (χ3n) is 3.23. The Morgan fingerprint density at radius 2 is 2.35 bits per heavy atom. The van der Waals surface area contributed by atoms with Crippen molar-refractivity contribution < 1.29 is 9.13 Å². The largest absolute Gasteiger partial charge is 0.491 e. The molecule has 1 aliphatic rings. The number of fused-ring (bicyclic) bond motifs is 1.